The molecule has 0 heterocycles. The van der Waals surface area contributed by atoms with Gasteiger partial charge in [-0.1, -0.05) is 13.0 Å². The predicted octanol–water partition coefficient (Wildman–Crippen LogP) is 2.87. The van der Waals surface area contributed by atoms with Crippen LogP contribution in [0, 0.1) is 5.82 Å². The Morgan fingerprint density at radius 2 is 2.23 bits per heavy atom. The van der Waals surface area contributed by atoms with Crippen LogP contribution in [0.25, 0.3) is 0 Å². The summed E-state index contributed by atoms with van der Waals surface area (Å²) >= 11 is 3.11. The molecule has 0 saturated carbocycles. The van der Waals surface area contributed by atoms with Gasteiger partial charge in [0.15, 0.2) is 0 Å². The molecule has 3 heteroatoms. The molecule has 1 nitrogen and oxygen atoms in total. The van der Waals surface area contributed by atoms with Crippen LogP contribution < -0.4 is 5.73 Å². The lowest BCUT2D eigenvalue weighted by atomic mass is 10.1. The molecule has 0 spiro atoms. The molecule has 1 atom stereocenters. The summed E-state index contributed by atoms with van der Waals surface area (Å²) in [5, 5.41) is 0. The Bertz CT molecular complexity index is 288. The van der Waals surface area contributed by atoms with Crippen molar-refractivity contribution in [3.8, 4) is 0 Å². The Balaban J connectivity index is 2.73. The second-order valence-electron chi connectivity index (χ2n) is 3.12. The van der Waals surface area contributed by atoms with E-state index in [-0.39, 0.29) is 11.9 Å². The molecule has 72 valence electrons. The fraction of sp³-hybridized carbons (Fsp3) is 0.400. The number of halogens is 2. The van der Waals surface area contributed by atoms with Crippen molar-refractivity contribution in [3.05, 3.63) is 34.1 Å². The van der Waals surface area contributed by atoms with Crippen molar-refractivity contribution < 1.29 is 4.39 Å². The van der Waals surface area contributed by atoms with Gasteiger partial charge in [0.2, 0.25) is 0 Å². The molecule has 0 aliphatic rings. The van der Waals surface area contributed by atoms with Crippen LogP contribution in [-0.4, -0.2) is 6.04 Å². The van der Waals surface area contributed by atoms with E-state index in [0.717, 1.165) is 18.4 Å². The highest BCUT2D eigenvalue weighted by molar-refractivity contribution is 9.10. The maximum absolute atomic E-state index is 13.0. The van der Waals surface area contributed by atoms with Crippen molar-refractivity contribution in [1.29, 1.82) is 0 Å². The van der Waals surface area contributed by atoms with E-state index in [1.54, 1.807) is 6.07 Å². The van der Waals surface area contributed by atoms with Gasteiger partial charge in [-0.3, -0.25) is 0 Å². The van der Waals surface area contributed by atoms with Crippen LogP contribution in [0.1, 0.15) is 18.9 Å². The number of hydrogen-bond acceptors (Lipinski definition) is 1. The third kappa shape index (κ3) is 3.08. The lowest BCUT2D eigenvalue weighted by molar-refractivity contribution is 0.609. The molecular weight excluding hydrogens is 233 g/mol. The Morgan fingerprint density at radius 1 is 1.54 bits per heavy atom. The molecule has 2 N–H and O–H groups in total. The number of benzene rings is 1. The Labute approximate surface area is 86.3 Å². The van der Waals surface area contributed by atoms with E-state index in [4.69, 9.17) is 5.73 Å². The highest BCUT2D eigenvalue weighted by atomic mass is 79.9. The van der Waals surface area contributed by atoms with E-state index in [1.165, 1.54) is 6.07 Å². The van der Waals surface area contributed by atoms with Gasteiger partial charge < -0.3 is 5.73 Å². The Kier molecular flexibility index (Phi) is 3.88. The summed E-state index contributed by atoms with van der Waals surface area (Å²) in [7, 11) is 0. The number of rotatable bonds is 3. The SMILES string of the molecule is CCC(N)Cc1ccc(Br)c(F)c1. The first-order valence-corrected chi connectivity index (χ1v) is 5.12. The zero-order valence-corrected chi connectivity index (χ0v) is 9.14. The summed E-state index contributed by atoms with van der Waals surface area (Å²) in [5.41, 5.74) is 6.71. The van der Waals surface area contributed by atoms with Crippen molar-refractivity contribution in [2.45, 2.75) is 25.8 Å². The van der Waals surface area contributed by atoms with E-state index in [2.05, 4.69) is 15.9 Å². The van der Waals surface area contributed by atoms with Crippen molar-refractivity contribution in [1.82, 2.24) is 0 Å². The first-order valence-electron chi connectivity index (χ1n) is 4.33. The van der Waals surface area contributed by atoms with Crippen LogP contribution in [-0.2, 0) is 6.42 Å². The monoisotopic (exact) mass is 245 g/mol. The predicted molar refractivity (Wildman–Crippen MR) is 56.1 cm³/mol. The van der Waals surface area contributed by atoms with E-state index in [9.17, 15) is 4.39 Å². The molecule has 0 radical (unpaired) electrons. The topological polar surface area (TPSA) is 26.0 Å². The van der Waals surface area contributed by atoms with Gasteiger partial charge in [0.05, 0.1) is 4.47 Å². The van der Waals surface area contributed by atoms with Crippen LogP contribution in [0.2, 0.25) is 0 Å². The van der Waals surface area contributed by atoms with Crippen LogP contribution in [0.5, 0.6) is 0 Å². The van der Waals surface area contributed by atoms with E-state index in [1.807, 2.05) is 13.0 Å². The normalized spacial score (nSPS) is 12.9. The largest absolute Gasteiger partial charge is 0.327 e. The summed E-state index contributed by atoms with van der Waals surface area (Å²) in [6.45, 7) is 2.03. The number of nitrogens with two attached hydrogens (primary N) is 1. The van der Waals surface area contributed by atoms with E-state index in [0.29, 0.717) is 4.47 Å². The minimum absolute atomic E-state index is 0.126. The highest BCUT2D eigenvalue weighted by Gasteiger charge is 2.04. The van der Waals surface area contributed by atoms with E-state index < -0.39 is 0 Å². The van der Waals surface area contributed by atoms with Crippen molar-refractivity contribution >= 4 is 15.9 Å². The lowest BCUT2D eigenvalue weighted by Gasteiger charge is -2.08. The minimum atomic E-state index is -0.221. The summed E-state index contributed by atoms with van der Waals surface area (Å²) in [4.78, 5) is 0. The smallest absolute Gasteiger partial charge is 0.137 e. The fourth-order valence-electron chi connectivity index (χ4n) is 1.11. The molecule has 13 heavy (non-hydrogen) atoms. The standard InChI is InChI=1S/C10H13BrFN/c1-2-8(13)5-7-3-4-9(11)10(12)6-7/h3-4,6,8H,2,5,13H2,1H3. The zero-order valence-electron chi connectivity index (χ0n) is 7.56. The molecule has 0 amide bonds. The Hall–Kier alpha value is -0.410. The van der Waals surface area contributed by atoms with Gasteiger partial charge in [0.1, 0.15) is 5.82 Å². The molecule has 0 bridgehead atoms. The fourth-order valence-corrected chi connectivity index (χ4v) is 1.36. The van der Waals surface area contributed by atoms with Crippen molar-refractivity contribution in [3.63, 3.8) is 0 Å². The maximum atomic E-state index is 13.0. The van der Waals surface area contributed by atoms with E-state index >= 15 is 0 Å². The number of hydrogen-bond donors (Lipinski definition) is 1. The zero-order chi connectivity index (χ0) is 9.84. The van der Waals surface area contributed by atoms with Gasteiger partial charge in [0.25, 0.3) is 0 Å². The second kappa shape index (κ2) is 4.72. The molecule has 1 aromatic carbocycles. The molecule has 0 aliphatic carbocycles. The van der Waals surface area contributed by atoms with Crippen LogP contribution in [0.3, 0.4) is 0 Å². The van der Waals surface area contributed by atoms with Crippen LogP contribution >= 0.6 is 15.9 Å². The van der Waals surface area contributed by atoms with Gasteiger partial charge in [0, 0.05) is 6.04 Å². The van der Waals surface area contributed by atoms with Crippen molar-refractivity contribution in [2.24, 2.45) is 5.73 Å². The maximum Gasteiger partial charge on any atom is 0.137 e. The molecule has 0 saturated heterocycles. The summed E-state index contributed by atoms with van der Waals surface area (Å²) in [6.07, 6.45) is 1.65. The first-order chi connectivity index (χ1) is 6.13. The van der Waals surface area contributed by atoms with Gasteiger partial charge in [-0.05, 0) is 46.5 Å². The van der Waals surface area contributed by atoms with Crippen molar-refractivity contribution in [2.75, 3.05) is 0 Å². The molecule has 0 aliphatic heterocycles. The second-order valence-corrected chi connectivity index (χ2v) is 3.98. The van der Waals surface area contributed by atoms with Gasteiger partial charge in [-0.25, -0.2) is 4.39 Å². The molecular formula is C10H13BrFN. The first kappa shape index (κ1) is 10.7. The summed E-state index contributed by atoms with van der Waals surface area (Å²) < 4.78 is 13.5. The highest BCUT2D eigenvalue weighted by Crippen LogP contribution is 2.17. The third-order valence-corrected chi connectivity index (χ3v) is 2.65. The van der Waals surface area contributed by atoms with Gasteiger partial charge >= 0.3 is 0 Å². The molecule has 1 unspecified atom stereocenters. The summed E-state index contributed by atoms with van der Waals surface area (Å²) in [5.74, 6) is -0.221. The van der Waals surface area contributed by atoms with Crippen LogP contribution in [0.4, 0.5) is 4.39 Å². The van der Waals surface area contributed by atoms with Gasteiger partial charge in [-0.2, -0.15) is 0 Å². The van der Waals surface area contributed by atoms with Crippen LogP contribution in [0.15, 0.2) is 22.7 Å². The average Bonchev–Trinajstić information content (AvgIpc) is 2.11. The molecule has 0 aromatic heterocycles. The Morgan fingerprint density at radius 3 is 2.77 bits per heavy atom. The quantitative estimate of drug-likeness (QED) is 0.871. The molecule has 1 rings (SSSR count). The summed E-state index contributed by atoms with van der Waals surface area (Å²) in [6, 6.07) is 5.26. The average molecular weight is 246 g/mol. The molecule has 0 fully saturated rings. The van der Waals surface area contributed by atoms with Gasteiger partial charge in [-0.15, -0.1) is 0 Å². The lowest BCUT2D eigenvalue weighted by Crippen LogP contribution is -2.21. The minimum Gasteiger partial charge on any atom is -0.327 e. The third-order valence-electron chi connectivity index (χ3n) is 2.01. The molecule has 1 aromatic rings.